The first-order valence-electron chi connectivity index (χ1n) is 11.2. The van der Waals surface area contributed by atoms with E-state index in [1.807, 2.05) is 43.9 Å². The van der Waals surface area contributed by atoms with Gasteiger partial charge >= 0.3 is 0 Å². The van der Waals surface area contributed by atoms with Crippen molar-refractivity contribution in [3.63, 3.8) is 0 Å². The molecule has 1 aliphatic carbocycles. The second-order valence-corrected chi connectivity index (χ2v) is 8.77. The van der Waals surface area contributed by atoms with Crippen LogP contribution >= 0.6 is 0 Å². The number of hydrogen-bond donors (Lipinski definition) is 1. The van der Waals surface area contributed by atoms with Crippen molar-refractivity contribution in [3.05, 3.63) is 46.6 Å². The van der Waals surface area contributed by atoms with E-state index in [0.29, 0.717) is 19.1 Å². The Kier molecular flexibility index (Phi) is 6.21. The topological polar surface area (TPSA) is 61.4 Å². The lowest BCUT2D eigenvalue weighted by atomic mass is 9.96. The van der Waals surface area contributed by atoms with Crippen molar-refractivity contribution in [1.29, 1.82) is 0 Å². The number of rotatable bonds is 4. The molecule has 160 valence electrons. The summed E-state index contributed by atoms with van der Waals surface area (Å²) in [6.45, 7) is 9.06. The quantitative estimate of drug-likeness (QED) is 0.826. The summed E-state index contributed by atoms with van der Waals surface area (Å²) in [7, 11) is 0. The van der Waals surface area contributed by atoms with E-state index in [0.717, 1.165) is 47.2 Å². The molecule has 2 fully saturated rings. The van der Waals surface area contributed by atoms with E-state index in [9.17, 15) is 4.79 Å². The van der Waals surface area contributed by atoms with E-state index in [1.165, 1.54) is 32.1 Å². The summed E-state index contributed by atoms with van der Waals surface area (Å²) in [4.78, 5) is 26.7. The number of hydrogen-bond acceptors (Lipinski definition) is 5. The van der Waals surface area contributed by atoms with Gasteiger partial charge < -0.3 is 15.1 Å². The molecule has 2 aliphatic rings. The zero-order valence-electron chi connectivity index (χ0n) is 18.4. The van der Waals surface area contributed by atoms with Gasteiger partial charge in [0.2, 0.25) is 5.95 Å². The molecule has 6 nitrogen and oxygen atoms in total. The number of aromatic nitrogens is 2. The molecule has 0 unspecified atom stereocenters. The second-order valence-electron chi connectivity index (χ2n) is 8.77. The minimum Gasteiger partial charge on any atom is -0.353 e. The molecule has 1 amide bonds. The number of benzene rings is 1. The molecule has 2 aromatic rings. The maximum atomic E-state index is 13.0. The minimum absolute atomic E-state index is 0.134. The van der Waals surface area contributed by atoms with Crippen molar-refractivity contribution in [2.24, 2.45) is 0 Å². The van der Waals surface area contributed by atoms with Gasteiger partial charge in [0, 0.05) is 49.5 Å². The van der Waals surface area contributed by atoms with Crippen LogP contribution in [0.4, 0.5) is 11.8 Å². The average molecular weight is 408 g/mol. The van der Waals surface area contributed by atoms with Gasteiger partial charge in [-0.1, -0.05) is 37.0 Å². The Balaban J connectivity index is 1.41. The standard InChI is InChI=1S/C24H33N5O/c1-17-9-10-18(2)21(15-17)23(30)29-13-11-28(12-14-29)22-16-19(3)25-24(27-22)26-20-7-5-4-6-8-20/h9-10,15-16,20H,4-8,11-14H2,1-3H3,(H,25,26,27). The number of aryl methyl sites for hydroxylation is 3. The molecule has 0 bridgehead atoms. The molecular weight excluding hydrogens is 374 g/mol. The van der Waals surface area contributed by atoms with Crippen LogP contribution in [-0.4, -0.2) is 53.0 Å². The van der Waals surface area contributed by atoms with Gasteiger partial charge in [-0.05, 0) is 45.2 Å². The molecule has 0 radical (unpaired) electrons. The molecule has 1 saturated heterocycles. The van der Waals surface area contributed by atoms with Crippen LogP contribution in [0.15, 0.2) is 24.3 Å². The highest BCUT2D eigenvalue weighted by Gasteiger charge is 2.24. The predicted octanol–water partition coefficient (Wildman–Crippen LogP) is 4.11. The molecule has 1 saturated carbocycles. The lowest BCUT2D eigenvalue weighted by Gasteiger charge is -2.36. The number of carbonyl (C=O) groups excluding carboxylic acids is 1. The third-order valence-corrected chi connectivity index (χ3v) is 6.29. The van der Waals surface area contributed by atoms with E-state index in [2.05, 4.69) is 21.3 Å². The largest absolute Gasteiger partial charge is 0.353 e. The van der Waals surface area contributed by atoms with Crippen molar-refractivity contribution in [1.82, 2.24) is 14.9 Å². The molecule has 2 heterocycles. The molecule has 1 aliphatic heterocycles. The van der Waals surface area contributed by atoms with Crippen LogP contribution < -0.4 is 10.2 Å². The Labute approximate surface area is 179 Å². The molecule has 1 aromatic heterocycles. The van der Waals surface area contributed by atoms with Crippen LogP contribution in [0, 0.1) is 20.8 Å². The highest BCUT2D eigenvalue weighted by molar-refractivity contribution is 5.96. The number of amides is 1. The van der Waals surface area contributed by atoms with E-state index in [1.54, 1.807) is 0 Å². The first-order chi connectivity index (χ1) is 14.5. The molecule has 0 spiro atoms. The summed E-state index contributed by atoms with van der Waals surface area (Å²) in [5.41, 5.74) is 3.96. The maximum absolute atomic E-state index is 13.0. The summed E-state index contributed by atoms with van der Waals surface area (Å²) >= 11 is 0. The SMILES string of the molecule is Cc1ccc(C)c(C(=O)N2CCN(c3cc(C)nc(NC4CCCCC4)n3)CC2)c1. The molecule has 0 atom stereocenters. The normalized spacial score (nSPS) is 17.8. The molecule has 4 rings (SSSR count). The van der Waals surface area contributed by atoms with E-state index >= 15 is 0 Å². The van der Waals surface area contributed by atoms with Gasteiger partial charge in [0.05, 0.1) is 0 Å². The van der Waals surface area contributed by atoms with Gasteiger partial charge in [0.25, 0.3) is 5.91 Å². The van der Waals surface area contributed by atoms with Crippen molar-refractivity contribution >= 4 is 17.7 Å². The number of anilines is 2. The first kappa shape index (κ1) is 20.6. The van der Waals surface area contributed by atoms with Crippen LogP contribution in [0.1, 0.15) is 59.3 Å². The van der Waals surface area contributed by atoms with E-state index in [-0.39, 0.29) is 5.91 Å². The Bertz CT molecular complexity index is 898. The molecule has 1 aromatic carbocycles. The predicted molar refractivity (Wildman–Crippen MR) is 121 cm³/mol. The van der Waals surface area contributed by atoms with Crippen molar-refractivity contribution in [2.75, 3.05) is 36.4 Å². The fourth-order valence-electron chi connectivity index (χ4n) is 4.48. The third-order valence-electron chi connectivity index (χ3n) is 6.29. The summed E-state index contributed by atoms with van der Waals surface area (Å²) < 4.78 is 0. The Morgan fingerprint density at radius 3 is 2.43 bits per heavy atom. The summed E-state index contributed by atoms with van der Waals surface area (Å²) in [5, 5.41) is 3.55. The van der Waals surface area contributed by atoms with Crippen LogP contribution in [-0.2, 0) is 0 Å². The number of piperazine rings is 1. The van der Waals surface area contributed by atoms with Gasteiger partial charge in [-0.3, -0.25) is 4.79 Å². The molecule has 6 heteroatoms. The molecule has 30 heavy (non-hydrogen) atoms. The van der Waals surface area contributed by atoms with Gasteiger partial charge in [0.15, 0.2) is 0 Å². The number of carbonyl (C=O) groups is 1. The number of nitrogens with one attached hydrogen (secondary N) is 1. The minimum atomic E-state index is 0.134. The van der Waals surface area contributed by atoms with Crippen LogP contribution in [0.5, 0.6) is 0 Å². The summed E-state index contributed by atoms with van der Waals surface area (Å²) in [6.07, 6.45) is 6.31. The van der Waals surface area contributed by atoms with Gasteiger partial charge in [-0.15, -0.1) is 0 Å². The lowest BCUT2D eigenvalue weighted by molar-refractivity contribution is 0.0745. The Morgan fingerprint density at radius 2 is 1.70 bits per heavy atom. The summed E-state index contributed by atoms with van der Waals surface area (Å²) in [5.74, 6) is 1.83. The monoisotopic (exact) mass is 407 g/mol. The van der Waals surface area contributed by atoms with Gasteiger partial charge in [-0.25, -0.2) is 4.98 Å². The molecule has 1 N–H and O–H groups in total. The fourth-order valence-corrected chi connectivity index (χ4v) is 4.48. The van der Waals surface area contributed by atoms with E-state index < -0.39 is 0 Å². The highest BCUT2D eigenvalue weighted by Crippen LogP contribution is 2.23. The van der Waals surface area contributed by atoms with Gasteiger partial charge in [-0.2, -0.15) is 4.98 Å². The molecular formula is C24H33N5O. The fraction of sp³-hybridized carbons (Fsp3) is 0.542. The Morgan fingerprint density at radius 1 is 0.967 bits per heavy atom. The average Bonchev–Trinajstić information content (AvgIpc) is 2.75. The van der Waals surface area contributed by atoms with Crippen molar-refractivity contribution in [3.8, 4) is 0 Å². The Hall–Kier alpha value is -2.63. The zero-order valence-corrected chi connectivity index (χ0v) is 18.4. The second kappa shape index (κ2) is 9.02. The first-order valence-corrected chi connectivity index (χ1v) is 11.2. The van der Waals surface area contributed by atoms with Crippen molar-refractivity contribution in [2.45, 2.75) is 58.9 Å². The maximum Gasteiger partial charge on any atom is 0.254 e. The smallest absolute Gasteiger partial charge is 0.254 e. The van der Waals surface area contributed by atoms with Gasteiger partial charge in [0.1, 0.15) is 5.82 Å². The van der Waals surface area contributed by atoms with Crippen molar-refractivity contribution < 1.29 is 4.79 Å². The highest BCUT2D eigenvalue weighted by atomic mass is 16.2. The van der Waals surface area contributed by atoms with E-state index in [4.69, 9.17) is 4.98 Å². The number of nitrogens with zero attached hydrogens (tertiary/aromatic N) is 4. The van der Waals surface area contributed by atoms with Crippen LogP contribution in [0.3, 0.4) is 0 Å². The summed E-state index contributed by atoms with van der Waals surface area (Å²) in [6, 6.07) is 8.62. The zero-order chi connectivity index (χ0) is 21.1. The lowest BCUT2D eigenvalue weighted by Crippen LogP contribution is -2.49. The third kappa shape index (κ3) is 4.74. The van der Waals surface area contributed by atoms with Crippen LogP contribution in [0.25, 0.3) is 0 Å². The van der Waals surface area contributed by atoms with Crippen LogP contribution in [0.2, 0.25) is 0 Å².